The third-order valence-electron chi connectivity index (χ3n) is 3.63. The number of aromatic nitrogens is 3. The Morgan fingerprint density at radius 2 is 2.05 bits per heavy atom. The summed E-state index contributed by atoms with van der Waals surface area (Å²) in [5, 5.41) is 8.36. The first-order valence-corrected chi connectivity index (χ1v) is 7.06. The average Bonchev–Trinajstić information content (AvgIpc) is 2.83. The molecule has 1 heterocycles. The van der Waals surface area contributed by atoms with Crippen molar-refractivity contribution in [1.82, 2.24) is 15.0 Å². The molecule has 1 aromatic carbocycles. The van der Waals surface area contributed by atoms with Crippen LogP contribution in [-0.4, -0.2) is 15.0 Å². The van der Waals surface area contributed by atoms with Crippen LogP contribution in [0, 0.1) is 5.82 Å². The zero-order valence-corrected chi connectivity index (χ0v) is 12.0. The average molecular weight is 276 g/mol. The predicted octanol–water partition coefficient (Wildman–Crippen LogP) is 2.83. The van der Waals surface area contributed by atoms with Crippen molar-refractivity contribution in [1.29, 1.82) is 0 Å². The van der Waals surface area contributed by atoms with E-state index in [1.807, 2.05) is 10.7 Å². The fourth-order valence-electron chi connectivity index (χ4n) is 2.55. The molecule has 0 atom stereocenters. The third-order valence-corrected chi connectivity index (χ3v) is 3.63. The van der Waals surface area contributed by atoms with E-state index in [4.69, 9.17) is 5.73 Å². The minimum absolute atomic E-state index is 0.231. The molecule has 5 heteroatoms. The largest absolute Gasteiger partial charge is 0.325 e. The highest BCUT2D eigenvalue weighted by Gasteiger charge is 2.19. The SMILES string of the molecule is CCC(CC)c1c(CN)nnn1Cc1cccc(F)c1. The number of benzene rings is 1. The van der Waals surface area contributed by atoms with Crippen LogP contribution in [0.5, 0.6) is 0 Å². The first kappa shape index (κ1) is 14.7. The lowest BCUT2D eigenvalue weighted by Crippen LogP contribution is -2.12. The van der Waals surface area contributed by atoms with E-state index >= 15 is 0 Å². The summed E-state index contributed by atoms with van der Waals surface area (Å²) in [6.45, 7) is 5.20. The van der Waals surface area contributed by atoms with Crippen LogP contribution >= 0.6 is 0 Å². The normalized spacial score (nSPS) is 11.2. The third kappa shape index (κ3) is 3.04. The molecule has 0 saturated carbocycles. The summed E-state index contributed by atoms with van der Waals surface area (Å²) in [5.74, 6) is 0.155. The van der Waals surface area contributed by atoms with Gasteiger partial charge in [-0.25, -0.2) is 9.07 Å². The van der Waals surface area contributed by atoms with Gasteiger partial charge in [-0.3, -0.25) is 0 Å². The lowest BCUT2D eigenvalue weighted by atomic mass is 9.97. The first-order chi connectivity index (χ1) is 9.69. The molecule has 2 N–H and O–H groups in total. The molecule has 0 radical (unpaired) electrons. The number of halogens is 1. The molecular weight excluding hydrogens is 255 g/mol. The van der Waals surface area contributed by atoms with Crippen LogP contribution in [0.25, 0.3) is 0 Å². The van der Waals surface area contributed by atoms with Crippen molar-refractivity contribution in [2.45, 2.75) is 45.7 Å². The summed E-state index contributed by atoms with van der Waals surface area (Å²) in [7, 11) is 0. The lowest BCUT2D eigenvalue weighted by Gasteiger charge is -2.16. The number of hydrogen-bond acceptors (Lipinski definition) is 3. The van der Waals surface area contributed by atoms with Gasteiger partial charge in [-0.1, -0.05) is 31.2 Å². The molecule has 0 unspecified atom stereocenters. The minimum atomic E-state index is -0.231. The molecule has 2 aromatic rings. The van der Waals surface area contributed by atoms with Crippen molar-refractivity contribution in [3.8, 4) is 0 Å². The summed E-state index contributed by atoms with van der Waals surface area (Å²) in [6, 6.07) is 6.57. The maximum atomic E-state index is 13.3. The van der Waals surface area contributed by atoms with Crippen LogP contribution < -0.4 is 5.73 Å². The summed E-state index contributed by atoms with van der Waals surface area (Å²) in [5.41, 5.74) is 8.56. The Balaban J connectivity index is 2.34. The zero-order valence-electron chi connectivity index (χ0n) is 12.0. The maximum absolute atomic E-state index is 13.3. The fourth-order valence-corrected chi connectivity index (χ4v) is 2.55. The van der Waals surface area contributed by atoms with Crippen LogP contribution in [-0.2, 0) is 13.1 Å². The molecule has 1 aromatic heterocycles. The molecule has 0 amide bonds. The molecule has 0 aliphatic carbocycles. The Kier molecular flexibility index (Phi) is 4.84. The van der Waals surface area contributed by atoms with Gasteiger partial charge >= 0.3 is 0 Å². The predicted molar refractivity (Wildman–Crippen MR) is 76.7 cm³/mol. The van der Waals surface area contributed by atoms with Crippen LogP contribution in [0.1, 0.15) is 49.6 Å². The summed E-state index contributed by atoms with van der Waals surface area (Å²) in [6.07, 6.45) is 2.03. The van der Waals surface area contributed by atoms with Crippen LogP contribution in [0.4, 0.5) is 4.39 Å². The molecule has 20 heavy (non-hydrogen) atoms. The highest BCUT2D eigenvalue weighted by atomic mass is 19.1. The molecule has 0 spiro atoms. The fraction of sp³-hybridized carbons (Fsp3) is 0.467. The van der Waals surface area contributed by atoms with Gasteiger partial charge in [0.1, 0.15) is 5.82 Å². The number of nitrogens with zero attached hydrogens (tertiary/aromatic N) is 3. The molecular formula is C15H21FN4. The van der Waals surface area contributed by atoms with Gasteiger partial charge in [-0.15, -0.1) is 5.10 Å². The number of hydrogen-bond donors (Lipinski definition) is 1. The van der Waals surface area contributed by atoms with E-state index in [0.717, 1.165) is 29.8 Å². The van der Waals surface area contributed by atoms with Gasteiger partial charge in [0.05, 0.1) is 17.9 Å². The first-order valence-electron chi connectivity index (χ1n) is 7.06. The van der Waals surface area contributed by atoms with Crippen molar-refractivity contribution in [3.05, 3.63) is 47.0 Å². The van der Waals surface area contributed by atoms with Crippen molar-refractivity contribution >= 4 is 0 Å². The molecule has 0 aliphatic heterocycles. The van der Waals surface area contributed by atoms with Crippen molar-refractivity contribution in [2.75, 3.05) is 0 Å². The monoisotopic (exact) mass is 276 g/mol. The highest BCUT2D eigenvalue weighted by molar-refractivity contribution is 5.20. The molecule has 0 fully saturated rings. The molecule has 0 bridgehead atoms. The Morgan fingerprint density at radius 3 is 2.65 bits per heavy atom. The summed E-state index contributed by atoms with van der Waals surface area (Å²) >= 11 is 0. The van der Waals surface area contributed by atoms with E-state index in [1.165, 1.54) is 12.1 Å². The molecule has 0 aliphatic rings. The topological polar surface area (TPSA) is 56.7 Å². The van der Waals surface area contributed by atoms with Crippen LogP contribution in [0.2, 0.25) is 0 Å². The van der Waals surface area contributed by atoms with E-state index in [9.17, 15) is 4.39 Å². The van der Waals surface area contributed by atoms with Crippen LogP contribution in [0.3, 0.4) is 0 Å². The van der Waals surface area contributed by atoms with E-state index < -0.39 is 0 Å². The van der Waals surface area contributed by atoms with E-state index in [-0.39, 0.29) is 5.82 Å². The van der Waals surface area contributed by atoms with E-state index in [0.29, 0.717) is 19.0 Å². The van der Waals surface area contributed by atoms with Crippen molar-refractivity contribution < 1.29 is 4.39 Å². The lowest BCUT2D eigenvalue weighted by molar-refractivity contribution is 0.539. The molecule has 2 rings (SSSR count). The summed E-state index contributed by atoms with van der Waals surface area (Å²) < 4.78 is 15.1. The van der Waals surface area contributed by atoms with Crippen LogP contribution in [0.15, 0.2) is 24.3 Å². The number of nitrogens with two attached hydrogens (primary N) is 1. The quantitative estimate of drug-likeness (QED) is 0.882. The molecule has 4 nitrogen and oxygen atoms in total. The van der Waals surface area contributed by atoms with Crippen molar-refractivity contribution in [2.24, 2.45) is 5.73 Å². The van der Waals surface area contributed by atoms with Gasteiger partial charge in [0.2, 0.25) is 0 Å². The molecule has 0 saturated heterocycles. The number of rotatable bonds is 6. The Morgan fingerprint density at radius 1 is 1.30 bits per heavy atom. The second kappa shape index (κ2) is 6.61. The van der Waals surface area contributed by atoms with Gasteiger partial charge in [0.15, 0.2) is 0 Å². The minimum Gasteiger partial charge on any atom is -0.325 e. The summed E-state index contributed by atoms with van der Waals surface area (Å²) in [4.78, 5) is 0. The highest BCUT2D eigenvalue weighted by Crippen LogP contribution is 2.25. The Labute approximate surface area is 118 Å². The van der Waals surface area contributed by atoms with Gasteiger partial charge in [-0.2, -0.15) is 0 Å². The van der Waals surface area contributed by atoms with Gasteiger partial charge in [-0.05, 0) is 30.5 Å². The van der Waals surface area contributed by atoms with Crippen molar-refractivity contribution in [3.63, 3.8) is 0 Å². The second-order valence-electron chi connectivity index (χ2n) is 4.93. The van der Waals surface area contributed by atoms with Gasteiger partial charge in [0, 0.05) is 12.5 Å². The van der Waals surface area contributed by atoms with Gasteiger partial charge < -0.3 is 5.73 Å². The zero-order chi connectivity index (χ0) is 14.5. The van der Waals surface area contributed by atoms with E-state index in [1.54, 1.807) is 6.07 Å². The second-order valence-corrected chi connectivity index (χ2v) is 4.93. The molecule has 108 valence electrons. The smallest absolute Gasteiger partial charge is 0.123 e. The standard InChI is InChI=1S/C15H21FN4/c1-3-12(4-2)15-14(9-17)18-19-20(15)10-11-6-5-7-13(16)8-11/h5-8,12H,3-4,9-10,17H2,1-2H3. The van der Waals surface area contributed by atoms with E-state index in [2.05, 4.69) is 24.2 Å². The Hall–Kier alpha value is -1.75. The van der Waals surface area contributed by atoms with Gasteiger partial charge in [0.25, 0.3) is 0 Å². The Bertz CT molecular complexity index is 561. The maximum Gasteiger partial charge on any atom is 0.123 e.